The van der Waals surface area contributed by atoms with Crippen molar-refractivity contribution in [2.45, 2.75) is 174 Å². The minimum absolute atomic E-state index is 0.178. The maximum atomic E-state index is 12.3. The van der Waals surface area contributed by atoms with Crippen molar-refractivity contribution in [1.29, 1.82) is 0 Å². The van der Waals surface area contributed by atoms with Gasteiger partial charge in [0.2, 0.25) is 0 Å². The van der Waals surface area contributed by atoms with E-state index < -0.39 is 58.4 Å². The highest BCUT2D eigenvalue weighted by atomic mass is 31.2. The topological polar surface area (TPSA) is 149 Å². The summed E-state index contributed by atoms with van der Waals surface area (Å²) < 4.78 is 32.4. The molecule has 0 spiro atoms. The molecule has 11 heteroatoms. The molecular formula is C39H71O10P. The normalized spacial score (nSPS) is 14.4. The fraction of sp³-hybridized carbons (Fsp3) is 0.795. The minimum Gasteiger partial charge on any atom is -0.457 e. The Morgan fingerprint density at radius 2 is 0.880 bits per heavy atom. The van der Waals surface area contributed by atoms with Gasteiger partial charge in [-0.3, -0.25) is 18.6 Å². The predicted molar refractivity (Wildman–Crippen MR) is 201 cm³/mol. The summed E-state index contributed by atoms with van der Waals surface area (Å²) in [4.78, 5) is 34.3. The second kappa shape index (κ2) is 35.6. The lowest BCUT2D eigenvalue weighted by molar-refractivity contribution is -0.153. The number of allylic oxidation sites excluding steroid dienone is 6. The molecule has 0 bridgehead atoms. The summed E-state index contributed by atoms with van der Waals surface area (Å²) in [6.45, 7) is 2.11. The molecule has 0 fully saturated rings. The number of carbonyl (C=O) groups excluding carboxylic acids is 2. The Morgan fingerprint density at radius 3 is 1.30 bits per heavy atom. The van der Waals surface area contributed by atoms with Gasteiger partial charge in [-0.05, 0) is 51.4 Å². The van der Waals surface area contributed by atoms with Crippen LogP contribution in [0.15, 0.2) is 36.5 Å². The van der Waals surface area contributed by atoms with Gasteiger partial charge in [0, 0.05) is 12.8 Å². The summed E-state index contributed by atoms with van der Waals surface area (Å²) in [5.74, 6) is -1.04. The standard InChI is InChI=1S/C39H71O10P/c1-3-5-7-9-11-13-14-15-16-17-18-19-20-21-22-23-25-27-29-31-39(43)49-37(33-41)35-47-50(44,45)46-34-36(32-40)48-38(42)30-28-26-24-12-10-8-6-4-2/h11,13,15-16,18-19,36-37,40-41H,3-10,12,14,17,20-35H2,1-2H3,(H,44,45)/b13-11-,16-15-,19-18-. The van der Waals surface area contributed by atoms with Crippen molar-refractivity contribution in [3.05, 3.63) is 36.5 Å². The average Bonchev–Trinajstić information content (AvgIpc) is 3.10. The summed E-state index contributed by atoms with van der Waals surface area (Å²) in [6.07, 6.45) is 34.2. The van der Waals surface area contributed by atoms with Crippen LogP contribution in [-0.4, -0.2) is 65.7 Å². The van der Waals surface area contributed by atoms with Crippen molar-refractivity contribution in [3.8, 4) is 0 Å². The second-order valence-corrected chi connectivity index (χ2v) is 14.4. The molecule has 0 aliphatic carbocycles. The molecule has 0 rings (SSSR count). The van der Waals surface area contributed by atoms with Crippen LogP contribution < -0.4 is 0 Å². The summed E-state index contributed by atoms with van der Waals surface area (Å²) in [6, 6.07) is 0. The maximum absolute atomic E-state index is 12.3. The number of esters is 2. The van der Waals surface area contributed by atoms with Crippen molar-refractivity contribution >= 4 is 19.8 Å². The molecule has 0 aromatic rings. The van der Waals surface area contributed by atoms with Crippen LogP contribution in [0.4, 0.5) is 0 Å². The van der Waals surface area contributed by atoms with Crippen LogP contribution in [0, 0.1) is 0 Å². The van der Waals surface area contributed by atoms with Crippen molar-refractivity contribution < 1.29 is 47.8 Å². The van der Waals surface area contributed by atoms with Crippen LogP contribution in [0.3, 0.4) is 0 Å². The molecule has 0 saturated carbocycles. The van der Waals surface area contributed by atoms with Crippen LogP contribution in [0.1, 0.15) is 162 Å². The van der Waals surface area contributed by atoms with E-state index in [1.54, 1.807) is 0 Å². The molecule has 292 valence electrons. The van der Waals surface area contributed by atoms with E-state index in [2.05, 4.69) is 50.3 Å². The number of rotatable bonds is 36. The highest BCUT2D eigenvalue weighted by Gasteiger charge is 2.27. The van der Waals surface area contributed by atoms with Crippen molar-refractivity contribution in [2.24, 2.45) is 0 Å². The van der Waals surface area contributed by atoms with Gasteiger partial charge in [-0.15, -0.1) is 0 Å². The fourth-order valence-electron chi connectivity index (χ4n) is 5.06. The molecule has 50 heavy (non-hydrogen) atoms. The smallest absolute Gasteiger partial charge is 0.457 e. The Kier molecular flexibility index (Phi) is 34.3. The summed E-state index contributed by atoms with van der Waals surface area (Å²) in [5, 5.41) is 19.0. The average molecular weight is 731 g/mol. The van der Waals surface area contributed by atoms with Crippen LogP contribution in [-0.2, 0) is 32.7 Å². The maximum Gasteiger partial charge on any atom is 0.472 e. The largest absolute Gasteiger partial charge is 0.472 e. The zero-order valence-electron chi connectivity index (χ0n) is 31.4. The monoisotopic (exact) mass is 730 g/mol. The molecule has 0 radical (unpaired) electrons. The van der Waals surface area contributed by atoms with Gasteiger partial charge in [0.05, 0.1) is 26.4 Å². The van der Waals surface area contributed by atoms with Gasteiger partial charge in [-0.25, -0.2) is 4.57 Å². The third-order valence-corrected chi connectivity index (χ3v) is 9.06. The van der Waals surface area contributed by atoms with Gasteiger partial charge in [0.15, 0.2) is 0 Å². The lowest BCUT2D eigenvalue weighted by atomic mass is 10.1. The number of unbranched alkanes of at least 4 members (excludes halogenated alkanes) is 16. The van der Waals surface area contributed by atoms with Crippen molar-refractivity contribution in [1.82, 2.24) is 0 Å². The lowest BCUT2D eigenvalue weighted by Gasteiger charge is -2.20. The molecule has 3 unspecified atom stereocenters. The van der Waals surface area contributed by atoms with Crippen LogP contribution in [0.25, 0.3) is 0 Å². The molecule has 0 heterocycles. The highest BCUT2D eigenvalue weighted by Crippen LogP contribution is 2.43. The Hall–Kier alpha value is -1.81. The first-order valence-corrected chi connectivity index (χ1v) is 20.9. The zero-order chi connectivity index (χ0) is 37.0. The molecular weight excluding hydrogens is 659 g/mol. The number of phosphoric acid groups is 1. The number of hydrogen-bond acceptors (Lipinski definition) is 9. The third-order valence-electron chi connectivity index (χ3n) is 8.11. The molecule has 0 amide bonds. The first kappa shape index (κ1) is 48.2. The van der Waals surface area contributed by atoms with Gasteiger partial charge in [0.25, 0.3) is 0 Å². The van der Waals surface area contributed by atoms with E-state index in [1.807, 2.05) is 0 Å². The Balaban J connectivity index is 3.96. The molecule has 0 aliphatic rings. The van der Waals surface area contributed by atoms with E-state index >= 15 is 0 Å². The van der Waals surface area contributed by atoms with Crippen LogP contribution in [0.2, 0.25) is 0 Å². The summed E-state index contributed by atoms with van der Waals surface area (Å²) in [5.41, 5.74) is 0. The van der Waals surface area contributed by atoms with E-state index in [4.69, 9.17) is 18.5 Å². The number of ether oxygens (including phenoxy) is 2. The number of carbonyl (C=O) groups is 2. The molecule has 10 nitrogen and oxygen atoms in total. The predicted octanol–water partition coefficient (Wildman–Crippen LogP) is 9.61. The van der Waals surface area contributed by atoms with E-state index in [0.717, 1.165) is 70.6 Å². The second-order valence-electron chi connectivity index (χ2n) is 12.9. The number of hydrogen-bond donors (Lipinski definition) is 3. The van der Waals surface area contributed by atoms with Gasteiger partial charge >= 0.3 is 19.8 Å². The highest BCUT2D eigenvalue weighted by molar-refractivity contribution is 7.47. The molecule has 0 aromatic heterocycles. The molecule has 3 N–H and O–H groups in total. The number of phosphoric ester groups is 1. The van der Waals surface area contributed by atoms with Gasteiger partial charge in [0.1, 0.15) is 12.2 Å². The zero-order valence-corrected chi connectivity index (χ0v) is 32.3. The van der Waals surface area contributed by atoms with Gasteiger partial charge in [-0.2, -0.15) is 0 Å². The summed E-state index contributed by atoms with van der Waals surface area (Å²) >= 11 is 0. The first-order chi connectivity index (χ1) is 24.3. The molecule has 0 aliphatic heterocycles. The Morgan fingerprint density at radius 1 is 0.540 bits per heavy atom. The first-order valence-electron chi connectivity index (χ1n) is 19.4. The van der Waals surface area contributed by atoms with Gasteiger partial charge in [-0.1, -0.05) is 134 Å². The SMILES string of the molecule is CCCCC/C=C\C/C=C\C/C=C\CCCCCCCCC(=O)OC(CO)COP(=O)(O)OCC(CO)OC(=O)CCCCCCCCCC. The van der Waals surface area contributed by atoms with Crippen LogP contribution >= 0.6 is 7.82 Å². The minimum atomic E-state index is -4.63. The summed E-state index contributed by atoms with van der Waals surface area (Å²) in [7, 11) is -4.63. The number of aliphatic hydroxyl groups excluding tert-OH is 2. The van der Waals surface area contributed by atoms with Crippen molar-refractivity contribution in [3.63, 3.8) is 0 Å². The third kappa shape index (κ3) is 33.3. The Labute approximate surface area is 303 Å². The lowest BCUT2D eigenvalue weighted by Crippen LogP contribution is -2.28. The molecule has 0 saturated heterocycles. The van der Waals surface area contributed by atoms with Crippen molar-refractivity contribution in [2.75, 3.05) is 26.4 Å². The quantitative estimate of drug-likeness (QED) is 0.0246. The van der Waals surface area contributed by atoms with Crippen LogP contribution in [0.5, 0.6) is 0 Å². The van der Waals surface area contributed by atoms with E-state index in [0.29, 0.717) is 12.8 Å². The molecule has 3 atom stereocenters. The van der Waals surface area contributed by atoms with E-state index in [9.17, 15) is 29.3 Å². The van der Waals surface area contributed by atoms with E-state index in [-0.39, 0.29) is 12.8 Å². The number of aliphatic hydroxyl groups is 2. The molecule has 0 aromatic carbocycles. The van der Waals surface area contributed by atoms with E-state index in [1.165, 1.54) is 51.4 Å². The Bertz CT molecular complexity index is 936. The van der Waals surface area contributed by atoms with Gasteiger partial charge < -0.3 is 24.6 Å². The fourth-order valence-corrected chi connectivity index (χ4v) is 5.85.